The largest absolute Gasteiger partial charge is 0.487 e. The van der Waals surface area contributed by atoms with Crippen LogP contribution in [0.1, 0.15) is 72.1 Å². The van der Waals surface area contributed by atoms with Crippen LogP contribution in [0.5, 0.6) is 5.75 Å². The summed E-state index contributed by atoms with van der Waals surface area (Å²) in [5.41, 5.74) is 5.23. The van der Waals surface area contributed by atoms with Gasteiger partial charge in [-0.2, -0.15) is 8.78 Å². The van der Waals surface area contributed by atoms with Crippen molar-refractivity contribution in [1.82, 2.24) is 0 Å². The van der Waals surface area contributed by atoms with Crippen molar-refractivity contribution in [3.8, 4) is 5.75 Å². The van der Waals surface area contributed by atoms with E-state index in [-0.39, 0.29) is 18.6 Å². The Bertz CT molecular complexity index is 944. The van der Waals surface area contributed by atoms with Crippen LogP contribution in [0, 0.1) is 35.1 Å². The van der Waals surface area contributed by atoms with E-state index in [1.165, 1.54) is 12.0 Å². The summed E-state index contributed by atoms with van der Waals surface area (Å²) in [4.78, 5) is 0. The van der Waals surface area contributed by atoms with Gasteiger partial charge in [-0.1, -0.05) is 72.8 Å². The van der Waals surface area contributed by atoms with Crippen molar-refractivity contribution in [2.45, 2.75) is 72.1 Å². The molecule has 180 valence electrons. The third-order valence-corrected chi connectivity index (χ3v) is 6.90. The minimum atomic E-state index is -1.49. The quantitative estimate of drug-likeness (QED) is 0.171. The summed E-state index contributed by atoms with van der Waals surface area (Å²) in [5.74, 6) is -6.33. The number of benzene rings is 1. The summed E-state index contributed by atoms with van der Waals surface area (Å²) < 4.78 is 60.6. The predicted octanol–water partition coefficient (Wildman–Crippen LogP) is 8.77. The first-order valence-electron chi connectivity index (χ1n) is 12.0. The Kier molecular flexibility index (Phi) is 8.99. The lowest BCUT2D eigenvalue weighted by Gasteiger charge is -2.22. The van der Waals surface area contributed by atoms with Crippen molar-refractivity contribution in [3.63, 3.8) is 0 Å². The van der Waals surface area contributed by atoms with Crippen LogP contribution in [0.2, 0.25) is 0 Å². The van der Waals surface area contributed by atoms with Crippen LogP contribution in [-0.4, -0.2) is 6.61 Å². The van der Waals surface area contributed by atoms with Gasteiger partial charge in [-0.3, -0.25) is 0 Å². The molecule has 2 aliphatic carbocycles. The van der Waals surface area contributed by atoms with Gasteiger partial charge in [-0.25, -0.2) is 8.78 Å². The molecule has 0 saturated heterocycles. The van der Waals surface area contributed by atoms with Crippen molar-refractivity contribution in [3.05, 3.63) is 75.9 Å². The molecule has 0 aliphatic heterocycles. The molecule has 33 heavy (non-hydrogen) atoms. The molecular weight excluding hydrogens is 428 g/mol. The van der Waals surface area contributed by atoms with E-state index in [0.29, 0.717) is 5.92 Å². The van der Waals surface area contributed by atoms with E-state index in [9.17, 15) is 17.6 Å². The van der Waals surface area contributed by atoms with Crippen molar-refractivity contribution in [1.29, 1.82) is 0 Å². The van der Waals surface area contributed by atoms with Crippen LogP contribution in [0.3, 0.4) is 0 Å². The lowest BCUT2D eigenvalue weighted by molar-refractivity contribution is 0.227. The zero-order valence-corrected chi connectivity index (χ0v) is 19.8. The zero-order valence-electron chi connectivity index (χ0n) is 19.8. The van der Waals surface area contributed by atoms with Crippen LogP contribution in [0.25, 0.3) is 0 Å². The molecule has 0 saturated carbocycles. The smallest absolute Gasteiger partial charge is 0.203 e. The van der Waals surface area contributed by atoms with Crippen molar-refractivity contribution >= 4 is 0 Å². The summed E-state index contributed by atoms with van der Waals surface area (Å²) in [6.07, 6.45) is 16.6. The summed E-state index contributed by atoms with van der Waals surface area (Å²) in [6.45, 7) is 6.39. The summed E-state index contributed by atoms with van der Waals surface area (Å²) >= 11 is 0. The van der Waals surface area contributed by atoms with Gasteiger partial charge in [0.25, 0.3) is 0 Å². The van der Waals surface area contributed by atoms with Crippen molar-refractivity contribution in [2.75, 3.05) is 6.61 Å². The molecule has 3 rings (SSSR count). The second-order valence-electron chi connectivity index (χ2n) is 9.20. The number of hydrogen-bond acceptors (Lipinski definition) is 1. The van der Waals surface area contributed by atoms with Crippen LogP contribution in [0.4, 0.5) is 17.6 Å². The SMILES string of the molecule is CCCC(CCCCC(COc1c(F)c(F)cc(F)c1F)C1=C(C)C=CC1)C1=C(C)C=CC1. The number of unbranched alkanes of at least 4 members (excludes halogenated alkanes) is 1. The van der Waals surface area contributed by atoms with E-state index < -0.39 is 29.0 Å². The summed E-state index contributed by atoms with van der Waals surface area (Å²) in [5, 5.41) is 0. The lowest BCUT2D eigenvalue weighted by Crippen LogP contribution is -2.17. The molecule has 0 amide bonds. The molecule has 0 fully saturated rings. The fourth-order valence-electron chi connectivity index (χ4n) is 5.08. The minimum absolute atomic E-state index is 0.0162. The van der Waals surface area contributed by atoms with E-state index >= 15 is 0 Å². The van der Waals surface area contributed by atoms with Gasteiger partial charge in [0, 0.05) is 12.0 Å². The first-order chi connectivity index (χ1) is 15.8. The van der Waals surface area contributed by atoms with Gasteiger partial charge in [0.2, 0.25) is 11.6 Å². The predicted molar refractivity (Wildman–Crippen MR) is 125 cm³/mol. The highest BCUT2D eigenvalue weighted by molar-refractivity contribution is 5.35. The normalized spacial score (nSPS) is 17.4. The Morgan fingerprint density at radius 1 is 0.788 bits per heavy atom. The van der Waals surface area contributed by atoms with Crippen LogP contribution in [-0.2, 0) is 0 Å². The molecule has 0 spiro atoms. The van der Waals surface area contributed by atoms with Gasteiger partial charge in [-0.05, 0) is 51.9 Å². The highest BCUT2D eigenvalue weighted by Gasteiger charge is 2.24. The number of ether oxygens (including phenoxy) is 1. The number of allylic oxidation sites excluding steroid dienone is 7. The van der Waals surface area contributed by atoms with E-state index in [1.807, 2.05) is 13.0 Å². The van der Waals surface area contributed by atoms with E-state index in [2.05, 4.69) is 32.1 Å². The molecule has 2 atom stereocenters. The average molecular weight is 463 g/mol. The Hall–Kier alpha value is -2.30. The maximum absolute atomic E-state index is 14.1. The van der Waals surface area contributed by atoms with Gasteiger partial charge in [0.05, 0.1) is 6.61 Å². The lowest BCUT2D eigenvalue weighted by atomic mass is 9.85. The van der Waals surface area contributed by atoms with Crippen LogP contribution >= 0.6 is 0 Å². The molecule has 1 aromatic rings. The van der Waals surface area contributed by atoms with Crippen molar-refractivity contribution in [2.24, 2.45) is 11.8 Å². The standard InChI is InChI=1S/C28H34F4O/c1-4-9-20(22-14-7-10-18(22)2)12-5-6-13-21(23-15-8-11-19(23)3)17-33-28-26(31)24(29)16-25(30)27(28)32/h7-8,10-11,16,20-21H,4-6,9,12-15,17H2,1-3H3. The molecule has 0 bridgehead atoms. The third-order valence-electron chi connectivity index (χ3n) is 6.90. The third kappa shape index (κ3) is 6.18. The minimum Gasteiger partial charge on any atom is -0.487 e. The Morgan fingerprint density at radius 3 is 1.79 bits per heavy atom. The molecule has 5 heteroatoms. The second kappa shape index (κ2) is 11.7. The monoisotopic (exact) mass is 462 g/mol. The van der Waals surface area contributed by atoms with E-state index in [4.69, 9.17) is 4.74 Å². The van der Waals surface area contributed by atoms with Gasteiger partial charge >= 0.3 is 0 Å². The molecule has 1 nitrogen and oxygen atoms in total. The first-order valence-corrected chi connectivity index (χ1v) is 12.0. The van der Waals surface area contributed by atoms with Gasteiger partial charge in [-0.15, -0.1) is 0 Å². The Balaban J connectivity index is 1.63. The van der Waals surface area contributed by atoms with E-state index in [1.54, 1.807) is 5.57 Å². The number of hydrogen-bond donors (Lipinski definition) is 0. The molecule has 0 aromatic heterocycles. The topological polar surface area (TPSA) is 9.23 Å². The highest BCUT2D eigenvalue weighted by atomic mass is 19.2. The van der Waals surface area contributed by atoms with Gasteiger partial charge in [0.1, 0.15) is 0 Å². The molecule has 1 aromatic carbocycles. The fraction of sp³-hybridized carbons (Fsp3) is 0.500. The molecule has 0 radical (unpaired) electrons. The fourth-order valence-corrected chi connectivity index (χ4v) is 5.08. The number of rotatable bonds is 12. The summed E-state index contributed by atoms with van der Waals surface area (Å²) in [6, 6.07) is 0.201. The molecule has 2 unspecified atom stereocenters. The Morgan fingerprint density at radius 2 is 1.30 bits per heavy atom. The molecule has 0 N–H and O–H groups in total. The number of halogens is 4. The zero-order chi connectivity index (χ0) is 24.0. The maximum atomic E-state index is 14.1. The Labute approximate surface area is 194 Å². The van der Waals surface area contributed by atoms with Crippen LogP contribution in [0.15, 0.2) is 52.7 Å². The van der Waals surface area contributed by atoms with Crippen LogP contribution < -0.4 is 4.74 Å². The molecule has 2 aliphatic rings. The van der Waals surface area contributed by atoms with Gasteiger partial charge in [0.15, 0.2) is 17.4 Å². The van der Waals surface area contributed by atoms with Crippen molar-refractivity contribution < 1.29 is 22.3 Å². The molecule has 0 heterocycles. The van der Waals surface area contributed by atoms with Gasteiger partial charge < -0.3 is 4.74 Å². The first kappa shape index (κ1) is 25.3. The molecular formula is C28H34F4O. The second-order valence-corrected chi connectivity index (χ2v) is 9.20. The average Bonchev–Trinajstić information content (AvgIpc) is 3.40. The van der Waals surface area contributed by atoms with E-state index in [0.717, 1.165) is 56.1 Å². The summed E-state index contributed by atoms with van der Waals surface area (Å²) in [7, 11) is 0. The highest BCUT2D eigenvalue weighted by Crippen LogP contribution is 2.35. The maximum Gasteiger partial charge on any atom is 0.203 e.